The van der Waals surface area contributed by atoms with Crippen molar-refractivity contribution in [3.05, 3.63) is 58.0 Å². The van der Waals surface area contributed by atoms with Crippen LogP contribution < -0.4 is 5.56 Å². The fourth-order valence-corrected chi connectivity index (χ4v) is 5.16. The van der Waals surface area contributed by atoms with Crippen LogP contribution in [0, 0.1) is 13.8 Å². The lowest BCUT2D eigenvalue weighted by atomic mass is 10.1. The second kappa shape index (κ2) is 7.90. The minimum absolute atomic E-state index is 0.0260. The van der Waals surface area contributed by atoms with Crippen LogP contribution >= 0.6 is 0 Å². The van der Waals surface area contributed by atoms with Crippen molar-refractivity contribution < 1.29 is 17.6 Å². The number of hydrogen-bond donors (Lipinski definition) is 1. The largest absolute Gasteiger partial charge is 0.419 e. The van der Waals surface area contributed by atoms with E-state index >= 15 is 0 Å². The Morgan fingerprint density at radius 3 is 2.61 bits per heavy atom. The number of fused-ring (bicyclic) bond motifs is 1. The summed E-state index contributed by atoms with van der Waals surface area (Å²) in [5, 5.41) is 11.1. The summed E-state index contributed by atoms with van der Waals surface area (Å²) in [5.74, 6) is 0.0357. The molecule has 4 aromatic rings. The minimum atomic E-state index is -3.51. The summed E-state index contributed by atoms with van der Waals surface area (Å²) < 4.78 is 38.2. The summed E-state index contributed by atoms with van der Waals surface area (Å²) in [4.78, 5) is 18.0. The van der Waals surface area contributed by atoms with Gasteiger partial charge in [-0.05, 0) is 19.4 Å². The van der Waals surface area contributed by atoms with Gasteiger partial charge in [-0.15, -0.1) is 10.2 Å². The molecule has 11 nitrogen and oxygen atoms in total. The van der Waals surface area contributed by atoms with Crippen molar-refractivity contribution in [1.82, 2.24) is 29.1 Å². The van der Waals surface area contributed by atoms with Crippen LogP contribution in [0.1, 0.15) is 23.3 Å². The van der Waals surface area contributed by atoms with Gasteiger partial charge in [-0.25, -0.2) is 17.9 Å². The third-order valence-corrected chi connectivity index (χ3v) is 6.94. The summed E-state index contributed by atoms with van der Waals surface area (Å²) in [5.41, 5.74) is 3.23. The number of sulfonamides is 1. The van der Waals surface area contributed by atoms with Crippen molar-refractivity contribution in [2.45, 2.75) is 19.9 Å². The molecule has 0 aliphatic carbocycles. The van der Waals surface area contributed by atoms with Gasteiger partial charge < -0.3 is 9.15 Å². The Morgan fingerprint density at radius 1 is 1.12 bits per heavy atom. The van der Waals surface area contributed by atoms with Gasteiger partial charge in [0.1, 0.15) is 11.6 Å². The molecular weight excluding hydrogens is 448 g/mol. The number of benzene rings is 1. The topological polar surface area (TPSA) is 136 Å². The van der Waals surface area contributed by atoms with Gasteiger partial charge in [0.05, 0.1) is 25.2 Å². The second-order valence-corrected chi connectivity index (χ2v) is 9.86. The fourth-order valence-electron chi connectivity index (χ4n) is 4.14. The van der Waals surface area contributed by atoms with Gasteiger partial charge in [0.25, 0.3) is 11.4 Å². The Labute approximate surface area is 189 Å². The van der Waals surface area contributed by atoms with Crippen molar-refractivity contribution in [3.63, 3.8) is 0 Å². The molecule has 172 valence electrons. The SMILES string of the molecule is Cc1nc2c(-c3ccccc3)c(C)[nH]n2c(=O)c1-c1nnc(C2COCCN2S(C)(=O)=O)o1. The fraction of sp³-hybridized carbons (Fsp3) is 0.333. The van der Waals surface area contributed by atoms with Gasteiger partial charge in [-0.1, -0.05) is 30.3 Å². The number of morpholine rings is 1. The summed E-state index contributed by atoms with van der Waals surface area (Å²) >= 11 is 0. The molecule has 1 aliphatic rings. The van der Waals surface area contributed by atoms with Crippen molar-refractivity contribution in [1.29, 1.82) is 0 Å². The standard InChI is InChI=1S/C21H22N6O5S/c1-12-17(20-24-23-19(32-20)15-11-31-10-9-26(15)33(3,29)30)21(28)27-18(22-12)16(13(2)25-27)14-7-5-4-6-8-14/h4-8,15,25H,9-11H2,1-3H3. The number of aromatic nitrogens is 5. The molecule has 12 heteroatoms. The van der Waals surface area contributed by atoms with E-state index in [0.29, 0.717) is 11.3 Å². The molecule has 1 aromatic carbocycles. The Hall–Kier alpha value is -3.35. The average molecular weight is 471 g/mol. The summed E-state index contributed by atoms with van der Waals surface area (Å²) in [6.45, 7) is 4.12. The highest BCUT2D eigenvalue weighted by Gasteiger charge is 2.35. The van der Waals surface area contributed by atoms with E-state index in [-0.39, 0.29) is 37.1 Å². The Bertz CT molecular complexity index is 1510. The summed E-state index contributed by atoms with van der Waals surface area (Å²) in [6.07, 6.45) is 1.12. The molecule has 0 spiro atoms. The quantitative estimate of drug-likeness (QED) is 0.476. The lowest BCUT2D eigenvalue weighted by molar-refractivity contribution is 0.0229. The molecule has 0 amide bonds. The maximum absolute atomic E-state index is 13.4. The van der Waals surface area contributed by atoms with Gasteiger partial charge in [0.2, 0.25) is 15.9 Å². The molecule has 1 unspecified atom stereocenters. The molecule has 1 saturated heterocycles. The van der Waals surface area contributed by atoms with Crippen molar-refractivity contribution >= 4 is 15.7 Å². The Balaban J connectivity index is 1.61. The molecule has 0 bridgehead atoms. The van der Waals surface area contributed by atoms with E-state index in [1.165, 1.54) is 8.82 Å². The van der Waals surface area contributed by atoms with E-state index in [4.69, 9.17) is 9.15 Å². The van der Waals surface area contributed by atoms with Crippen LogP contribution in [0.4, 0.5) is 0 Å². The molecule has 0 saturated carbocycles. The highest BCUT2D eigenvalue weighted by molar-refractivity contribution is 7.88. The first-order chi connectivity index (χ1) is 15.8. The van der Waals surface area contributed by atoms with Crippen molar-refractivity contribution in [3.8, 4) is 22.6 Å². The number of aryl methyl sites for hydroxylation is 2. The molecule has 5 rings (SSSR count). The van der Waals surface area contributed by atoms with Gasteiger partial charge in [0.15, 0.2) is 5.65 Å². The monoisotopic (exact) mass is 470 g/mol. The molecule has 0 radical (unpaired) electrons. The van der Waals surface area contributed by atoms with Crippen molar-refractivity contribution in [2.75, 3.05) is 26.0 Å². The van der Waals surface area contributed by atoms with Crippen LogP contribution in [-0.4, -0.2) is 63.5 Å². The van der Waals surface area contributed by atoms with E-state index < -0.39 is 21.6 Å². The lowest BCUT2D eigenvalue weighted by Crippen LogP contribution is -2.42. The highest BCUT2D eigenvalue weighted by atomic mass is 32.2. The molecule has 33 heavy (non-hydrogen) atoms. The highest BCUT2D eigenvalue weighted by Crippen LogP contribution is 2.30. The Morgan fingerprint density at radius 2 is 1.88 bits per heavy atom. The van der Waals surface area contributed by atoms with Crippen LogP contribution in [0.2, 0.25) is 0 Å². The van der Waals surface area contributed by atoms with Gasteiger partial charge in [0, 0.05) is 17.8 Å². The van der Waals surface area contributed by atoms with Gasteiger partial charge >= 0.3 is 0 Å². The van der Waals surface area contributed by atoms with E-state index in [1.54, 1.807) is 6.92 Å². The Kier molecular flexibility index (Phi) is 5.15. The second-order valence-electron chi connectivity index (χ2n) is 7.92. The van der Waals surface area contributed by atoms with E-state index in [9.17, 15) is 13.2 Å². The first kappa shape index (κ1) is 21.5. The van der Waals surface area contributed by atoms with Gasteiger partial charge in [-0.3, -0.25) is 9.89 Å². The molecule has 1 fully saturated rings. The molecule has 3 aromatic heterocycles. The lowest BCUT2D eigenvalue weighted by Gasteiger charge is -2.31. The third-order valence-electron chi connectivity index (χ3n) is 5.65. The summed E-state index contributed by atoms with van der Waals surface area (Å²) in [6, 6.07) is 8.92. The molecule has 1 aliphatic heterocycles. The van der Waals surface area contributed by atoms with E-state index in [2.05, 4.69) is 20.3 Å². The zero-order valence-electron chi connectivity index (χ0n) is 18.3. The number of hydrogen-bond acceptors (Lipinski definition) is 8. The zero-order valence-corrected chi connectivity index (χ0v) is 19.1. The van der Waals surface area contributed by atoms with Crippen LogP contribution in [0.5, 0.6) is 0 Å². The maximum atomic E-state index is 13.4. The molecule has 4 heterocycles. The van der Waals surface area contributed by atoms with E-state index in [0.717, 1.165) is 23.1 Å². The smallest absolute Gasteiger partial charge is 0.285 e. The number of aromatic amines is 1. The minimum Gasteiger partial charge on any atom is -0.419 e. The molecule has 1 atom stereocenters. The first-order valence-electron chi connectivity index (χ1n) is 10.3. The van der Waals surface area contributed by atoms with Crippen LogP contribution in [-0.2, 0) is 14.8 Å². The van der Waals surface area contributed by atoms with Crippen LogP contribution in [0.15, 0.2) is 39.5 Å². The van der Waals surface area contributed by atoms with Crippen LogP contribution in [0.25, 0.3) is 28.2 Å². The van der Waals surface area contributed by atoms with Crippen molar-refractivity contribution in [2.24, 2.45) is 0 Å². The number of nitrogens with zero attached hydrogens (tertiary/aromatic N) is 5. The number of nitrogens with one attached hydrogen (secondary N) is 1. The zero-order chi connectivity index (χ0) is 23.3. The molecular formula is C21H22N6O5S. The molecule has 1 N–H and O–H groups in total. The predicted octanol–water partition coefficient (Wildman–Crippen LogP) is 1.69. The predicted molar refractivity (Wildman–Crippen MR) is 119 cm³/mol. The number of H-pyrrole nitrogens is 1. The van der Waals surface area contributed by atoms with E-state index in [1.807, 2.05) is 37.3 Å². The summed E-state index contributed by atoms with van der Waals surface area (Å²) in [7, 11) is -3.51. The number of ether oxygens (including phenoxy) is 1. The average Bonchev–Trinajstić information content (AvgIpc) is 3.38. The first-order valence-corrected chi connectivity index (χ1v) is 12.2. The normalized spacial score (nSPS) is 17.6. The van der Waals surface area contributed by atoms with Crippen LogP contribution in [0.3, 0.4) is 0 Å². The maximum Gasteiger partial charge on any atom is 0.285 e. The van der Waals surface area contributed by atoms with Gasteiger partial charge in [-0.2, -0.15) is 4.31 Å². The number of rotatable bonds is 4. The third kappa shape index (κ3) is 3.65.